The molecule has 0 atom stereocenters. The first-order chi connectivity index (χ1) is 25.9. The number of benzene rings is 5. The van der Waals surface area contributed by atoms with E-state index in [1.807, 2.05) is 6.20 Å². The van der Waals surface area contributed by atoms with Crippen LogP contribution in [0, 0.1) is 0 Å². The SMILES string of the molecule is CC(C)c1cc(-c2cc3ccccc3cn2)cc(-c2cccc3c2nc(-c2cc(C(C)(C)C)cc(C(C)(C)C)c2O)n3-c2c(C(C)C)cccc2C(C)C)c1. The molecule has 0 amide bonds. The minimum Gasteiger partial charge on any atom is -0.507 e. The summed E-state index contributed by atoms with van der Waals surface area (Å²) in [6.07, 6.45) is 1.98. The zero-order valence-corrected chi connectivity index (χ0v) is 34.8. The molecule has 0 bridgehead atoms. The largest absolute Gasteiger partial charge is 0.507 e. The summed E-state index contributed by atoms with van der Waals surface area (Å²) in [6.45, 7) is 26.8. The third kappa shape index (κ3) is 7.08. The highest BCUT2D eigenvalue weighted by Gasteiger charge is 2.30. The van der Waals surface area contributed by atoms with Gasteiger partial charge in [0.2, 0.25) is 0 Å². The molecule has 0 unspecified atom stereocenters. The van der Waals surface area contributed by atoms with Crippen molar-refractivity contribution in [3.05, 3.63) is 131 Å². The van der Waals surface area contributed by atoms with Crippen LogP contribution in [0.25, 0.3) is 61.3 Å². The molecule has 0 saturated heterocycles. The van der Waals surface area contributed by atoms with Crippen LogP contribution < -0.4 is 0 Å². The normalized spacial score (nSPS) is 12.6. The van der Waals surface area contributed by atoms with Crippen molar-refractivity contribution in [2.24, 2.45) is 0 Å². The van der Waals surface area contributed by atoms with Gasteiger partial charge in [-0.1, -0.05) is 150 Å². The van der Waals surface area contributed by atoms with Crippen LogP contribution in [0.4, 0.5) is 0 Å². The molecule has 7 aromatic rings. The summed E-state index contributed by atoms with van der Waals surface area (Å²) in [5, 5.41) is 14.7. The van der Waals surface area contributed by atoms with Crippen LogP contribution in [0.2, 0.25) is 0 Å². The zero-order chi connectivity index (χ0) is 39.6. The molecule has 0 aliphatic rings. The fourth-order valence-electron chi connectivity index (χ4n) is 7.85. The Kier molecular flexibility index (Phi) is 9.78. The van der Waals surface area contributed by atoms with Gasteiger partial charge < -0.3 is 5.11 Å². The lowest BCUT2D eigenvalue weighted by Gasteiger charge is -2.28. The Labute approximate surface area is 328 Å². The van der Waals surface area contributed by atoms with Crippen LogP contribution >= 0.6 is 0 Å². The molecular formula is C51H57N3O. The Balaban J connectivity index is 1.60. The summed E-state index contributed by atoms with van der Waals surface area (Å²) in [7, 11) is 0. The van der Waals surface area contributed by atoms with E-state index in [0.29, 0.717) is 11.7 Å². The molecule has 7 rings (SSSR count). The van der Waals surface area contributed by atoms with Gasteiger partial charge in [0, 0.05) is 28.3 Å². The highest BCUT2D eigenvalue weighted by molar-refractivity contribution is 5.97. The Morgan fingerprint density at radius 1 is 0.600 bits per heavy atom. The first-order valence-electron chi connectivity index (χ1n) is 20.0. The molecule has 2 aromatic heterocycles. The maximum Gasteiger partial charge on any atom is 0.149 e. The predicted octanol–water partition coefficient (Wildman–Crippen LogP) is 14.2. The highest BCUT2D eigenvalue weighted by atomic mass is 16.3. The topological polar surface area (TPSA) is 50.9 Å². The van der Waals surface area contributed by atoms with Crippen molar-refractivity contribution in [2.75, 3.05) is 0 Å². The predicted molar refractivity (Wildman–Crippen MR) is 234 cm³/mol. The van der Waals surface area contributed by atoms with Crippen molar-refractivity contribution in [3.63, 3.8) is 0 Å². The Morgan fingerprint density at radius 2 is 1.24 bits per heavy atom. The number of hydrogen-bond acceptors (Lipinski definition) is 3. The maximum atomic E-state index is 12.4. The van der Waals surface area contributed by atoms with Crippen molar-refractivity contribution < 1.29 is 5.11 Å². The third-order valence-corrected chi connectivity index (χ3v) is 11.1. The first-order valence-corrected chi connectivity index (χ1v) is 20.0. The minimum atomic E-state index is -0.286. The number of aromatic nitrogens is 3. The standard InChI is InChI=1S/C51H57N3O/c1-30(2)35-23-36(25-37(24-35)44-26-33-17-13-14-18-34(33)29-52-44)41-21-16-22-45-46(41)53-49(54(45)47-39(31(3)4)19-15-20-40(47)32(5)6)42-27-38(50(7,8)9)28-43(48(42)55)51(10,11)12/h13-32,55H,1-12H3. The second-order valence-corrected chi connectivity index (χ2v) is 18.4. The zero-order valence-electron chi connectivity index (χ0n) is 34.8. The van der Waals surface area contributed by atoms with Crippen LogP contribution in [0.1, 0.15) is 129 Å². The van der Waals surface area contributed by atoms with Gasteiger partial charge in [0.05, 0.1) is 28.0 Å². The average Bonchev–Trinajstić information content (AvgIpc) is 3.52. The van der Waals surface area contributed by atoms with Crippen molar-refractivity contribution in [2.45, 2.75) is 112 Å². The third-order valence-electron chi connectivity index (χ3n) is 11.1. The number of rotatable bonds is 7. The fourth-order valence-corrected chi connectivity index (χ4v) is 7.85. The van der Waals surface area contributed by atoms with Crippen molar-refractivity contribution in [1.29, 1.82) is 0 Å². The highest BCUT2D eigenvalue weighted by Crippen LogP contribution is 2.46. The molecule has 282 valence electrons. The molecule has 55 heavy (non-hydrogen) atoms. The number of nitrogens with zero attached hydrogens (tertiary/aromatic N) is 3. The monoisotopic (exact) mass is 727 g/mol. The molecule has 2 heterocycles. The second kappa shape index (κ2) is 14.1. The van der Waals surface area contributed by atoms with Crippen LogP contribution in [-0.2, 0) is 10.8 Å². The van der Waals surface area contributed by atoms with Gasteiger partial charge >= 0.3 is 0 Å². The summed E-state index contributed by atoms with van der Waals surface area (Å²) in [4.78, 5) is 10.6. The van der Waals surface area contributed by atoms with E-state index in [0.717, 1.165) is 61.4 Å². The molecule has 0 aliphatic heterocycles. The number of imidazole rings is 1. The maximum absolute atomic E-state index is 12.4. The molecule has 1 N–H and O–H groups in total. The van der Waals surface area contributed by atoms with E-state index in [4.69, 9.17) is 9.97 Å². The van der Waals surface area contributed by atoms with Gasteiger partial charge in [-0.15, -0.1) is 0 Å². The van der Waals surface area contributed by atoms with E-state index in [1.165, 1.54) is 27.6 Å². The number of phenolic OH excluding ortho intramolecular Hbond substituents is 1. The van der Waals surface area contributed by atoms with E-state index in [9.17, 15) is 5.11 Å². The van der Waals surface area contributed by atoms with Crippen molar-refractivity contribution >= 4 is 21.8 Å². The molecule has 0 fully saturated rings. The summed E-state index contributed by atoms with van der Waals surface area (Å²) in [5.74, 6) is 1.88. The van der Waals surface area contributed by atoms with Crippen LogP contribution in [0.5, 0.6) is 5.75 Å². The number of pyridine rings is 1. The molecule has 0 aliphatic carbocycles. The van der Waals surface area contributed by atoms with E-state index in [2.05, 4.69) is 185 Å². The minimum absolute atomic E-state index is 0.145. The molecular weight excluding hydrogens is 671 g/mol. The lowest BCUT2D eigenvalue weighted by Crippen LogP contribution is -2.17. The molecule has 0 radical (unpaired) electrons. The average molecular weight is 728 g/mol. The number of aromatic hydroxyl groups is 1. The van der Waals surface area contributed by atoms with Gasteiger partial charge in [0.1, 0.15) is 11.6 Å². The molecule has 5 aromatic carbocycles. The lowest BCUT2D eigenvalue weighted by atomic mass is 9.79. The second-order valence-electron chi connectivity index (χ2n) is 18.4. The smallest absolute Gasteiger partial charge is 0.149 e. The van der Waals surface area contributed by atoms with E-state index in [-0.39, 0.29) is 22.7 Å². The van der Waals surface area contributed by atoms with Crippen LogP contribution in [-0.4, -0.2) is 19.6 Å². The van der Waals surface area contributed by atoms with Gasteiger partial charge in [-0.25, -0.2) is 4.98 Å². The number of para-hydroxylation sites is 2. The summed E-state index contributed by atoms with van der Waals surface area (Å²) in [6, 6.07) is 35.1. The quantitative estimate of drug-likeness (QED) is 0.178. The number of fused-ring (bicyclic) bond motifs is 2. The molecule has 0 spiro atoms. The van der Waals surface area contributed by atoms with Gasteiger partial charge in [-0.2, -0.15) is 0 Å². The van der Waals surface area contributed by atoms with Crippen molar-refractivity contribution in [3.8, 4) is 45.2 Å². The fraction of sp³-hybridized carbons (Fsp3) is 0.333. The Hall–Kier alpha value is -5.22. The molecule has 0 saturated carbocycles. The van der Waals surface area contributed by atoms with E-state index < -0.39 is 0 Å². The molecule has 4 nitrogen and oxygen atoms in total. The lowest BCUT2D eigenvalue weighted by molar-refractivity contribution is 0.446. The van der Waals surface area contributed by atoms with Crippen molar-refractivity contribution in [1.82, 2.24) is 14.5 Å². The summed E-state index contributed by atoms with van der Waals surface area (Å²) in [5.41, 5.74) is 13.4. The summed E-state index contributed by atoms with van der Waals surface area (Å²) < 4.78 is 2.36. The Bertz CT molecular complexity index is 2530. The molecule has 4 heteroatoms. The number of phenols is 1. The first kappa shape index (κ1) is 38.1. The van der Waals surface area contributed by atoms with E-state index >= 15 is 0 Å². The summed E-state index contributed by atoms with van der Waals surface area (Å²) >= 11 is 0. The van der Waals surface area contributed by atoms with E-state index in [1.54, 1.807) is 0 Å². The van der Waals surface area contributed by atoms with Crippen LogP contribution in [0.15, 0.2) is 103 Å². The van der Waals surface area contributed by atoms with Gasteiger partial charge in [0.25, 0.3) is 0 Å². The van der Waals surface area contributed by atoms with Gasteiger partial charge in [-0.05, 0) is 92.1 Å². The van der Waals surface area contributed by atoms with Gasteiger partial charge in [0.15, 0.2) is 0 Å². The van der Waals surface area contributed by atoms with Crippen LogP contribution in [0.3, 0.4) is 0 Å². The Morgan fingerprint density at radius 3 is 1.85 bits per heavy atom. The van der Waals surface area contributed by atoms with Gasteiger partial charge in [-0.3, -0.25) is 9.55 Å². The number of hydrogen-bond donors (Lipinski definition) is 1.